The van der Waals surface area contributed by atoms with Gasteiger partial charge in [0.2, 0.25) is 0 Å². The number of nitrogens with zero attached hydrogens (tertiary/aromatic N) is 1. The number of hydrogen-bond donors (Lipinski definition) is 1. The van der Waals surface area contributed by atoms with Crippen LogP contribution in [0.4, 0.5) is 0 Å². The molecule has 1 atom stereocenters. The van der Waals surface area contributed by atoms with Gasteiger partial charge in [-0.1, -0.05) is 6.42 Å². The number of methoxy groups -OCH3 is 1. The van der Waals surface area contributed by atoms with Gasteiger partial charge in [-0.05, 0) is 25.8 Å². The summed E-state index contributed by atoms with van der Waals surface area (Å²) in [5, 5.41) is 8.80. The van der Waals surface area contributed by atoms with E-state index in [0.717, 1.165) is 32.5 Å². The maximum Gasteiger partial charge on any atom is 0.304 e. The maximum absolute atomic E-state index is 10.7. The van der Waals surface area contributed by atoms with Crippen LogP contribution in [0.1, 0.15) is 32.1 Å². The molecule has 1 saturated heterocycles. The summed E-state index contributed by atoms with van der Waals surface area (Å²) in [4.78, 5) is 13.0. The topological polar surface area (TPSA) is 49.8 Å². The van der Waals surface area contributed by atoms with E-state index in [2.05, 4.69) is 4.90 Å². The van der Waals surface area contributed by atoms with Gasteiger partial charge >= 0.3 is 5.97 Å². The quantitative estimate of drug-likeness (QED) is 0.679. The summed E-state index contributed by atoms with van der Waals surface area (Å²) >= 11 is 0. The number of ether oxygens (including phenoxy) is 1. The number of likely N-dealkylation sites (tertiary alicyclic amines) is 1. The Kier molecular flexibility index (Phi) is 5.65. The van der Waals surface area contributed by atoms with Crippen molar-refractivity contribution >= 4 is 5.97 Å². The zero-order valence-electron chi connectivity index (χ0n) is 9.45. The highest BCUT2D eigenvalue weighted by atomic mass is 16.5. The van der Waals surface area contributed by atoms with Crippen LogP contribution in [-0.4, -0.2) is 48.8 Å². The third-order valence-corrected chi connectivity index (χ3v) is 2.95. The lowest BCUT2D eigenvalue weighted by atomic mass is 9.99. The molecule has 1 N–H and O–H groups in total. The van der Waals surface area contributed by atoms with Crippen molar-refractivity contribution in [3.8, 4) is 0 Å². The molecule has 1 aliphatic heterocycles. The van der Waals surface area contributed by atoms with Crippen molar-refractivity contribution < 1.29 is 14.6 Å². The molecular formula is C11H21NO3. The molecule has 0 aromatic heterocycles. The highest BCUT2D eigenvalue weighted by Gasteiger charge is 2.23. The van der Waals surface area contributed by atoms with Gasteiger partial charge in [-0.3, -0.25) is 9.69 Å². The molecule has 0 bridgehead atoms. The molecule has 15 heavy (non-hydrogen) atoms. The number of piperidine rings is 1. The molecule has 0 aromatic rings. The predicted molar refractivity (Wildman–Crippen MR) is 58.0 cm³/mol. The van der Waals surface area contributed by atoms with E-state index in [9.17, 15) is 4.79 Å². The summed E-state index contributed by atoms with van der Waals surface area (Å²) in [7, 11) is 1.70. The number of aliphatic carboxylic acids is 1. The molecule has 0 saturated carbocycles. The monoisotopic (exact) mass is 215 g/mol. The van der Waals surface area contributed by atoms with Gasteiger partial charge in [-0.25, -0.2) is 0 Å². The Morgan fingerprint density at radius 1 is 1.53 bits per heavy atom. The minimum Gasteiger partial charge on any atom is -0.481 e. The average Bonchev–Trinajstić information content (AvgIpc) is 2.20. The van der Waals surface area contributed by atoms with Gasteiger partial charge in [0.25, 0.3) is 0 Å². The van der Waals surface area contributed by atoms with Crippen LogP contribution in [0.5, 0.6) is 0 Å². The van der Waals surface area contributed by atoms with Crippen molar-refractivity contribution in [3.63, 3.8) is 0 Å². The number of carbonyl (C=O) groups is 1. The summed E-state index contributed by atoms with van der Waals surface area (Å²) in [5.74, 6) is -0.682. The number of rotatable bonds is 6. The second-order valence-electron chi connectivity index (χ2n) is 4.13. The van der Waals surface area contributed by atoms with Crippen LogP contribution in [0.2, 0.25) is 0 Å². The van der Waals surface area contributed by atoms with Crippen molar-refractivity contribution in [3.05, 3.63) is 0 Å². The Morgan fingerprint density at radius 3 is 3.00 bits per heavy atom. The lowest BCUT2D eigenvalue weighted by molar-refractivity contribution is -0.138. The molecule has 0 spiro atoms. The van der Waals surface area contributed by atoms with Crippen LogP contribution >= 0.6 is 0 Å². The fourth-order valence-electron chi connectivity index (χ4n) is 2.20. The van der Waals surface area contributed by atoms with Gasteiger partial charge in [0.1, 0.15) is 0 Å². The minimum absolute atomic E-state index is 0.244. The fourth-order valence-corrected chi connectivity index (χ4v) is 2.20. The van der Waals surface area contributed by atoms with Crippen molar-refractivity contribution in [2.75, 3.05) is 26.8 Å². The molecule has 0 radical (unpaired) electrons. The molecule has 1 rings (SSSR count). The molecule has 4 heteroatoms. The summed E-state index contributed by atoms with van der Waals surface area (Å²) in [6, 6.07) is 0.244. The maximum atomic E-state index is 10.7. The zero-order valence-corrected chi connectivity index (χ0v) is 9.45. The Hall–Kier alpha value is -0.610. The molecule has 1 aliphatic rings. The third kappa shape index (κ3) is 4.62. The van der Waals surface area contributed by atoms with E-state index < -0.39 is 5.97 Å². The Morgan fingerprint density at radius 2 is 2.33 bits per heavy atom. The van der Waals surface area contributed by atoms with Crippen molar-refractivity contribution in [2.24, 2.45) is 0 Å². The predicted octanol–water partition coefficient (Wildman–Crippen LogP) is 1.35. The normalized spacial score (nSPS) is 22.9. The van der Waals surface area contributed by atoms with Crippen molar-refractivity contribution in [1.29, 1.82) is 0 Å². The molecular weight excluding hydrogens is 194 g/mol. The number of carboxylic acids is 1. The number of hydrogen-bond acceptors (Lipinski definition) is 3. The van der Waals surface area contributed by atoms with E-state index in [4.69, 9.17) is 9.84 Å². The van der Waals surface area contributed by atoms with E-state index in [1.54, 1.807) is 7.11 Å². The smallest absolute Gasteiger partial charge is 0.304 e. The van der Waals surface area contributed by atoms with E-state index >= 15 is 0 Å². The Balaban J connectivity index is 2.32. The van der Waals surface area contributed by atoms with Crippen LogP contribution in [0.3, 0.4) is 0 Å². The third-order valence-electron chi connectivity index (χ3n) is 2.95. The summed E-state index contributed by atoms with van der Waals surface area (Å²) in [5.41, 5.74) is 0. The van der Waals surface area contributed by atoms with Crippen LogP contribution in [0, 0.1) is 0 Å². The number of carboxylic acid groups (broad SMARTS) is 1. The van der Waals surface area contributed by atoms with Gasteiger partial charge in [0.05, 0.1) is 6.42 Å². The van der Waals surface area contributed by atoms with Crippen LogP contribution in [0.25, 0.3) is 0 Å². The largest absolute Gasteiger partial charge is 0.481 e. The standard InChI is InChI=1S/C11H21NO3/c1-15-8-4-7-12-6-3-2-5-10(12)9-11(13)14/h10H,2-9H2,1H3,(H,13,14). The first-order valence-electron chi connectivity index (χ1n) is 5.69. The molecule has 0 aliphatic carbocycles. The summed E-state index contributed by atoms with van der Waals surface area (Å²) < 4.78 is 5.01. The van der Waals surface area contributed by atoms with Gasteiger partial charge in [-0.15, -0.1) is 0 Å². The lowest BCUT2D eigenvalue weighted by Gasteiger charge is -2.34. The molecule has 0 amide bonds. The second-order valence-corrected chi connectivity index (χ2v) is 4.13. The van der Waals surface area contributed by atoms with Crippen molar-refractivity contribution in [2.45, 2.75) is 38.1 Å². The molecule has 1 heterocycles. The van der Waals surface area contributed by atoms with Crippen molar-refractivity contribution in [1.82, 2.24) is 4.90 Å². The van der Waals surface area contributed by atoms with Crippen LogP contribution in [-0.2, 0) is 9.53 Å². The van der Waals surface area contributed by atoms with Gasteiger partial charge < -0.3 is 9.84 Å². The lowest BCUT2D eigenvalue weighted by Crippen LogP contribution is -2.41. The minimum atomic E-state index is -0.682. The van der Waals surface area contributed by atoms with Gasteiger partial charge in [-0.2, -0.15) is 0 Å². The highest BCUT2D eigenvalue weighted by molar-refractivity contribution is 5.67. The summed E-state index contributed by atoms with van der Waals surface area (Å²) in [6.45, 7) is 2.77. The molecule has 4 nitrogen and oxygen atoms in total. The molecule has 1 fully saturated rings. The van der Waals surface area contributed by atoms with E-state index in [0.29, 0.717) is 0 Å². The first-order chi connectivity index (χ1) is 7.24. The second kappa shape index (κ2) is 6.80. The molecule has 1 unspecified atom stereocenters. The molecule has 0 aromatic carbocycles. The van der Waals surface area contributed by atoms with Crippen LogP contribution < -0.4 is 0 Å². The first kappa shape index (κ1) is 12.5. The SMILES string of the molecule is COCCCN1CCCCC1CC(=O)O. The average molecular weight is 215 g/mol. The van der Waals surface area contributed by atoms with E-state index in [-0.39, 0.29) is 12.5 Å². The Bertz CT molecular complexity index is 196. The first-order valence-corrected chi connectivity index (χ1v) is 5.69. The zero-order chi connectivity index (χ0) is 11.1. The fraction of sp³-hybridized carbons (Fsp3) is 0.909. The van der Waals surface area contributed by atoms with Gasteiger partial charge in [0.15, 0.2) is 0 Å². The van der Waals surface area contributed by atoms with Gasteiger partial charge in [0, 0.05) is 26.3 Å². The van der Waals surface area contributed by atoms with Crippen LogP contribution in [0.15, 0.2) is 0 Å². The van der Waals surface area contributed by atoms with E-state index in [1.165, 1.54) is 12.8 Å². The highest BCUT2D eigenvalue weighted by Crippen LogP contribution is 2.19. The van der Waals surface area contributed by atoms with E-state index in [1.807, 2.05) is 0 Å². The Labute approximate surface area is 91.2 Å². The molecule has 88 valence electrons. The summed E-state index contributed by atoms with van der Waals surface area (Å²) in [6.07, 6.45) is 4.67.